The smallest absolute Gasteiger partial charge is 0.0758 e. The third-order valence-electron chi connectivity index (χ3n) is 3.93. The van der Waals surface area contributed by atoms with Gasteiger partial charge in [0.05, 0.1) is 7.57 Å². The lowest BCUT2D eigenvalue weighted by Gasteiger charge is -2.29. The van der Waals surface area contributed by atoms with Crippen molar-refractivity contribution in [3.05, 3.63) is 54.6 Å². The minimum Gasteiger partial charge on any atom is -0.324 e. The quantitative estimate of drug-likeness (QED) is 0.747. The Labute approximate surface area is 134 Å². The molecule has 0 saturated carbocycles. The zero-order valence-electron chi connectivity index (χ0n) is 10.4. The first-order valence-electron chi connectivity index (χ1n) is 6.42. The number of fused-ring (bicyclic) bond motifs is 1. The van der Waals surface area contributed by atoms with Crippen LogP contribution in [0.4, 0.5) is 0 Å². The highest BCUT2D eigenvalue weighted by atomic mass is 79.9. The topological polar surface area (TPSA) is 26.0 Å². The number of rotatable bonds is 2. The molecule has 0 amide bonds. The maximum Gasteiger partial charge on any atom is 0.0758 e. The number of nitrogens with two attached hydrogens (primary N) is 1. The van der Waals surface area contributed by atoms with Crippen LogP contribution in [0.3, 0.4) is 0 Å². The molecule has 0 bridgehead atoms. The third-order valence-corrected chi connectivity index (χ3v) is 6.32. The molecule has 19 heavy (non-hydrogen) atoms. The first-order valence-corrected chi connectivity index (χ1v) is 8.82. The number of benzene rings is 1. The van der Waals surface area contributed by atoms with E-state index in [1.807, 2.05) is 0 Å². The third kappa shape index (κ3) is 2.82. The van der Waals surface area contributed by atoms with Crippen molar-refractivity contribution in [2.45, 2.75) is 25.3 Å². The lowest BCUT2D eigenvalue weighted by molar-refractivity contribution is 0.382. The van der Waals surface area contributed by atoms with Crippen LogP contribution in [0.2, 0.25) is 0 Å². The summed E-state index contributed by atoms with van der Waals surface area (Å²) in [6, 6.07) is 11.0. The van der Waals surface area contributed by atoms with Gasteiger partial charge in [0.25, 0.3) is 0 Å². The van der Waals surface area contributed by atoms with Gasteiger partial charge >= 0.3 is 0 Å². The Hall–Kier alpha value is -0.160. The van der Waals surface area contributed by atoms with Crippen LogP contribution in [-0.4, -0.2) is 0 Å². The first-order chi connectivity index (χ1) is 9.15. The molecule has 0 radical (unpaired) electrons. The summed E-state index contributed by atoms with van der Waals surface area (Å²) in [5, 5.41) is 0. The van der Waals surface area contributed by atoms with Crippen LogP contribution in [0, 0.1) is 5.92 Å². The molecule has 1 heterocycles. The Balaban J connectivity index is 1.83. The molecule has 1 nitrogen and oxygen atoms in total. The molecule has 0 spiro atoms. The van der Waals surface area contributed by atoms with E-state index in [1.165, 1.54) is 23.1 Å². The molecule has 0 fully saturated rings. The van der Waals surface area contributed by atoms with Gasteiger partial charge < -0.3 is 5.73 Å². The van der Waals surface area contributed by atoms with E-state index in [0.717, 1.165) is 20.4 Å². The molecule has 1 aliphatic rings. The summed E-state index contributed by atoms with van der Waals surface area (Å²) in [6.45, 7) is 0. The van der Waals surface area contributed by atoms with Gasteiger partial charge in [-0.05, 0) is 79.8 Å². The van der Waals surface area contributed by atoms with Gasteiger partial charge in [0.15, 0.2) is 0 Å². The van der Waals surface area contributed by atoms with Crippen molar-refractivity contribution in [1.82, 2.24) is 0 Å². The number of thiophene rings is 1. The minimum atomic E-state index is 0.116. The van der Waals surface area contributed by atoms with Crippen LogP contribution in [0.5, 0.6) is 0 Å². The SMILES string of the molecule is NC(c1cc(Br)sc1Br)C1CCc2ccccc2C1. The van der Waals surface area contributed by atoms with Gasteiger partial charge in [0.1, 0.15) is 0 Å². The Bertz CT molecular complexity index is 594. The van der Waals surface area contributed by atoms with Gasteiger partial charge in [-0.25, -0.2) is 0 Å². The largest absolute Gasteiger partial charge is 0.324 e. The van der Waals surface area contributed by atoms with E-state index >= 15 is 0 Å². The Morgan fingerprint density at radius 3 is 2.63 bits per heavy atom. The Kier molecular flexibility index (Phi) is 4.13. The van der Waals surface area contributed by atoms with Gasteiger partial charge in [0.2, 0.25) is 0 Å². The average Bonchev–Trinajstić information content (AvgIpc) is 2.76. The van der Waals surface area contributed by atoms with Crippen LogP contribution in [-0.2, 0) is 12.8 Å². The first kappa shape index (κ1) is 13.8. The fraction of sp³-hybridized carbons (Fsp3) is 0.333. The molecule has 0 aliphatic heterocycles. The normalized spacial score (nSPS) is 20.1. The van der Waals surface area contributed by atoms with Crippen LogP contribution < -0.4 is 5.73 Å². The van der Waals surface area contributed by atoms with Crippen LogP contribution in [0.1, 0.15) is 29.2 Å². The molecule has 0 saturated heterocycles. The van der Waals surface area contributed by atoms with Crippen molar-refractivity contribution in [2.75, 3.05) is 0 Å². The number of aryl methyl sites for hydroxylation is 1. The fourth-order valence-electron chi connectivity index (χ4n) is 2.87. The van der Waals surface area contributed by atoms with Gasteiger partial charge in [-0.15, -0.1) is 11.3 Å². The molecule has 1 aromatic heterocycles. The molecule has 4 heteroatoms. The van der Waals surface area contributed by atoms with Gasteiger partial charge in [-0.2, -0.15) is 0 Å². The summed E-state index contributed by atoms with van der Waals surface area (Å²) in [4.78, 5) is 0. The van der Waals surface area contributed by atoms with E-state index < -0.39 is 0 Å². The number of hydrogen-bond donors (Lipinski definition) is 1. The summed E-state index contributed by atoms with van der Waals surface area (Å²) in [6.07, 6.45) is 3.42. The van der Waals surface area contributed by atoms with Crippen molar-refractivity contribution in [3.8, 4) is 0 Å². The Morgan fingerprint density at radius 2 is 1.95 bits per heavy atom. The molecule has 1 aromatic carbocycles. The van der Waals surface area contributed by atoms with Crippen molar-refractivity contribution in [1.29, 1.82) is 0 Å². The number of halogens is 2. The molecule has 2 N–H and O–H groups in total. The zero-order chi connectivity index (χ0) is 13.4. The molecular weight excluding hydrogens is 386 g/mol. The second-order valence-corrected chi connectivity index (χ2v) is 8.83. The van der Waals surface area contributed by atoms with Crippen LogP contribution in [0.25, 0.3) is 0 Å². The van der Waals surface area contributed by atoms with Crippen molar-refractivity contribution in [3.63, 3.8) is 0 Å². The highest BCUT2D eigenvalue weighted by molar-refractivity contribution is 9.12. The van der Waals surface area contributed by atoms with E-state index in [4.69, 9.17) is 5.73 Å². The molecule has 3 rings (SSSR count). The average molecular weight is 401 g/mol. The molecule has 100 valence electrons. The summed E-state index contributed by atoms with van der Waals surface area (Å²) in [5.74, 6) is 0.535. The lowest BCUT2D eigenvalue weighted by atomic mass is 9.79. The van der Waals surface area contributed by atoms with E-state index in [2.05, 4.69) is 62.2 Å². The molecular formula is C15H15Br2NS. The predicted octanol–water partition coefficient (Wildman–Crippen LogP) is 5.08. The number of hydrogen-bond acceptors (Lipinski definition) is 2. The van der Waals surface area contributed by atoms with E-state index in [0.29, 0.717) is 5.92 Å². The summed E-state index contributed by atoms with van der Waals surface area (Å²) < 4.78 is 2.30. The van der Waals surface area contributed by atoms with Crippen molar-refractivity contribution < 1.29 is 0 Å². The maximum atomic E-state index is 6.50. The second kappa shape index (κ2) is 5.68. The highest BCUT2D eigenvalue weighted by Crippen LogP contribution is 2.40. The lowest BCUT2D eigenvalue weighted by Crippen LogP contribution is -2.26. The fourth-order valence-corrected chi connectivity index (χ4v) is 5.82. The van der Waals surface area contributed by atoms with E-state index in [1.54, 1.807) is 11.3 Å². The van der Waals surface area contributed by atoms with E-state index in [9.17, 15) is 0 Å². The summed E-state index contributed by atoms with van der Waals surface area (Å²) in [5.41, 5.74) is 10.7. The molecule has 1 aliphatic carbocycles. The highest BCUT2D eigenvalue weighted by Gasteiger charge is 2.26. The predicted molar refractivity (Wildman–Crippen MR) is 88.6 cm³/mol. The zero-order valence-corrected chi connectivity index (χ0v) is 14.4. The van der Waals surface area contributed by atoms with Crippen LogP contribution >= 0.6 is 43.2 Å². The summed E-state index contributed by atoms with van der Waals surface area (Å²) in [7, 11) is 0. The minimum absolute atomic E-state index is 0.116. The second-order valence-electron chi connectivity index (χ2n) is 5.08. The van der Waals surface area contributed by atoms with Gasteiger partial charge in [-0.1, -0.05) is 24.3 Å². The molecule has 2 aromatic rings. The maximum absolute atomic E-state index is 6.50. The summed E-state index contributed by atoms with van der Waals surface area (Å²) >= 11 is 8.86. The standard InChI is InChI=1S/C15H15Br2NS/c16-13-8-12(15(17)19-13)14(18)11-6-5-9-3-1-2-4-10(9)7-11/h1-4,8,11,14H,5-7,18H2. The van der Waals surface area contributed by atoms with Gasteiger partial charge in [0, 0.05) is 6.04 Å². The van der Waals surface area contributed by atoms with Crippen molar-refractivity contribution >= 4 is 43.2 Å². The molecule has 2 atom stereocenters. The monoisotopic (exact) mass is 399 g/mol. The molecule has 2 unspecified atom stereocenters. The van der Waals surface area contributed by atoms with Crippen LogP contribution in [0.15, 0.2) is 37.9 Å². The Morgan fingerprint density at radius 1 is 1.21 bits per heavy atom. The van der Waals surface area contributed by atoms with Gasteiger partial charge in [-0.3, -0.25) is 0 Å². The van der Waals surface area contributed by atoms with E-state index in [-0.39, 0.29) is 6.04 Å². The van der Waals surface area contributed by atoms with Crippen molar-refractivity contribution in [2.24, 2.45) is 11.7 Å².